The van der Waals surface area contributed by atoms with E-state index in [1.54, 1.807) is 50.6 Å². The van der Waals surface area contributed by atoms with Crippen LogP contribution in [0.25, 0.3) is 11.1 Å². The lowest BCUT2D eigenvalue weighted by Crippen LogP contribution is -2.29. The van der Waals surface area contributed by atoms with E-state index in [-0.39, 0.29) is 5.78 Å². The monoisotopic (exact) mass is 402 g/mol. The molecule has 3 N–H and O–H groups in total. The Kier molecular flexibility index (Phi) is 8.60. The second-order valence-corrected chi connectivity index (χ2v) is 6.13. The lowest BCUT2D eigenvalue weighted by Gasteiger charge is -2.17. The van der Waals surface area contributed by atoms with Gasteiger partial charge in [0.1, 0.15) is 24.7 Å². The first-order valence-corrected chi connectivity index (χ1v) is 9.05. The largest absolute Gasteiger partial charge is 0.491 e. The zero-order valence-corrected chi connectivity index (χ0v) is 16.8. The van der Waals surface area contributed by atoms with Crippen molar-refractivity contribution >= 4 is 11.7 Å². The fraction of sp³-hybridized carbons (Fsp3) is 0.333. The summed E-state index contributed by atoms with van der Waals surface area (Å²) in [5.41, 5.74) is 4.41. The second kappa shape index (κ2) is 11.2. The topological polar surface area (TPSA) is 109 Å². The summed E-state index contributed by atoms with van der Waals surface area (Å²) < 4.78 is 21.8. The van der Waals surface area contributed by atoms with Gasteiger partial charge in [-0.25, -0.2) is 5.84 Å². The Bertz CT molecular complexity index is 853. The summed E-state index contributed by atoms with van der Waals surface area (Å²) in [4.78, 5) is 23.7. The van der Waals surface area contributed by atoms with Crippen molar-refractivity contribution in [3.8, 4) is 22.6 Å². The van der Waals surface area contributed by atoms with Crippen molar-refractivity contribution in [3.05, 3.63) is 47.5 Å². The fourth-order valence-corrected chi connectivity index (χ4v) is 2.64. The van der Waals surface area contributed by atoms with Crippen LogP contribution in [0.4, 0.5) is 0 Å². The van der Waals surface area contributed by atoms with Crippen LogP contribution in [0, 0.1) is 0 Å². The number of rotatable bonds is 11. The maximum Gasteiger partial charge on any atom is 0.265 e. The summed E-state index contributed by atoms with van der Waals surface area (Å²) in [7, 11) is 3.16. The highest BCUT2D eigenvalue weighted by molar-refractivity contribution is 5.97. The van der Waals surface area contributed by atoms with Crippen molar-refractivity contribution < 1.29 is 28.5 Å². The first-order valence-electron chi connectivity index (χ1n) is 9.05. The molecule has 8 nitrogen and oxygen atoms in total. The minimum absolute atomic E-state index is 0.0697. The van der Waals surface area contributed by atoms with Gasteiger partial charge in [-0.2, -0.15) is 0 Å². The zero-order valence-electron chi connectivity index (χ0n) is 16.8. The number of nitrogens with two attached hydrogens (primary N) is 1. The Balaban J connectivity index is 2.51. The maximum atomic E-state index is 11.9. The number of hydrogen-bond donors (Lipinski definition) is 2. The molecule has 8 heteroatoms. The van der Waals surface area contributed by atoms with Gasteiger partial charge in [0.15, 0.2) is 5.78 Å². The molecule has 0 saturated carbocycles. The number of carbonyl (C=O) groups is 2. The van der Waals surface area contributed by atoms with Gasteiger partial charge in [-0.15, -0.1) is 0 Å². The number of nitrogens with one attached hydrogen (secondary N) is 1. The van der Waals surface area contributed by atoms with Gasteiger partial charge in [0.2, 0.25) is 0 Å². The molecule has 2 aromatic carbocycles. The van der Waals surface area contributed by atoms with Crippen LogP contribution in [0.15, 0.2) is 36.4 Å². The van der Waals surface area contributed by atoms with Crippen molar-refractivity contribution in [2.45, 2.75) is 6.92 Å². The summed E-state index contributed by atoms with van der Waals surface area (Å²) in [6.45, 7) is 2.89. The van der Waals surface area contributed by atoms with E-state index < -0.39 is 5.91 Å². The van der Waals surface area contributed by atoms with Gasteiger partial charge < -0.3 is 18.9 Å². The molecule has 0 aliphatic carbocycles. The summed E-state index contributed by atoms with van der Waals surface area (Å²) in [5, 5.41) is 0. The molecule has 2 rings (SSSR count). The minimum atomic E-state index is -0.434. The second-order valence-electron chi connectivity index (χ2n) is 6.13. The third kappa shape index (κ3) is 6.02. The number of ether oxygens (including phenoxy) is 4. The number of amides is 1. The van der Waals surface area contributed by atoms with E-state index in [1.165, 1.54) is 6.92 Å². The smallest absolute Gasteiger partial charge is 0.265 e. The highest BCUT2D eigenvalue weighted by Crippen LogP contribution is 2.38. The van der Waals surface area contributed by atoms with Gasteiger partial charge in [0, 0.05) is 36.5 Å². The number of benzene rings is 2. The Labute approximate surface area is 169 Å². The van der Waals surface area contributed by atoms with Gasteiger partial charge in [-0.3, -0.25) is 15.0 Å². The number of Topliss-reactive ketones (excluding diaryl/α,β-unsaturated/α-hetero) is 1. The molecule has 0 radical (unpaired) electrons. The molecule has 156 valence electrons. The molecule has 2 aromatic rings. The van der Waals surface area contributed by atoms with Gasteiger partial charge in [-0.05, 0) is 37.3 Å². The van der Waals surface area contributed by atoms with Crippen LogP contribution >= 0.6 is 0 Å². The van der Waals surface area contributed by atoms with Gasteiger partial charge in [-0.1, -0.05) is 6.07 Å². The number of ketones is 1. The average Bonchev–Trinajstić information content (AvgIpc) is 2.73. The van der Waals surface area contributed by atoms with Crippen LogP contribution in [0.2, 0.25) is 0 Å². The molecule has 0 aliphatic rings. The SMILES string of the molecule is COCCOc1cc(C(C)=O)ccc1-c1ccc(C(=O)NN)cc1OCCOC. The van der Waals surface area contributed by atoms with Gasteiger partial charge in [0.05, 0.1) is 13.2 Å². The Morgan fingerprint density at radius 2 is 1.31 bits per heavy atom. The molecule has 0 fully saturated rings. The summed E-state index contributed by atoms with van der Waals surface area (Å²) in [5.74, 6) is 5.72. The Hall–Kier alpha value is -2.94. The molecule has 0 heterocycles. The predicted octanol–water partition coefficient (Wildman–Crippen LogP) is 2.21. The van der Waals surface area contributed by atoms with E-state index in [4.69, 9.17) is 24.8 Å². The van der Waals surface area contributed by atoms with Crippen LogP contribution in [-0.2, 0) is 9.47 Å². The molecular weight excluding hydrogens is 376 g/mol. The summed E-state index contributed by atoms with van der Waals surface area (Å²) in [6, 6.07) is 10.2. The molecule has 0 aliphatic heterocycles. The molecular formula is C21H26N2O6. The van der Waals surface area contributed by atoms with Crippen molar-refractivity contribution in [1.82, 2.24) is 5.43 Å². The number of methoxy groups -OCH3 is 2. The first kappa shape index (κ1) is 22.4. The number of hydrogen-bond acceptors (Lipinski definition) is 7. The third-order valence-electron chi connectivity index (χ3n) is 4.14. The summed E-state index contributed by atoms with van der Waals surface area (Å²) >= 11 is 0. The summed E-state index contributed by atoms with van der Waals surface area (Å²) in [6.07, 6.45) is 0. The molecule has 0 bridgehead atoms. The Morgan fingerprint density at radius 3 is 1.76 bits per heavy atom. The van der Waals surface area contributed by atoms with E-state index in [1.807, 2.05) is 0 Å². The van der Waals surface area contributed by atoms with E-state index in [2.05, 4.69) is 5.43 Å². The van der Waals surface area contributed by atoms with E-state index in [0.717, 1.165) is 5.56 Å². The van der Waals surface area contributed by atoms with Crippen molar-refractivity contribution in [1.29, 1.82) is 0 Å². The minimum Gasteiger partial charge on any atom is -0.491 e. The number of hydrazine groups is 1. The average molecular weight is 402 g/mol. The van der Waals surface area contributed by atoms with E-state index >= 15 is 0 Å². The molecule has 1 amide bonds. The Morgan fingerprint density at radius 1 is 0.828 bits per heavy atom. The highest BCUT2D eigenvalue weighted by Gasteiger charge is 2.16. The number of carbonyl (C=O) groups excluding carboxylic acids is 2. The lowest BCUT2D eigenvalue weighted by molar-refractivity contribution is 0.0952. The van der Waals surface area contributed by atoms with Crippen LogP contribution in [-0.4, -0.2) is 52.3 Å². The molecule has 29 heavy (non-hydrogen) atoms. The zero-order chi connectivity index (χ0) is 21.2. The standard InChI is InChI=1S/C21H26N2O6/c1-14(24)15-4-6-17(19(12-15)28-10-8-26-2)18-7-5-16(21(25)23-22)13-20(18)29-11-9-27-3/h4-7,12-13H,8-11,22H2,1-3H3,(H,23,25). The predicted molar refractivity (Wildman–Crippen MR) is 108 cm³/mol. The fourth-order valence-electron chi connectivity index (χ4n) is 2.64. The van der Waals surface area contributed by atoms with Crippen LogP contribution in [0.5, 0.6) is 11.5 Å². The maximum absolute atomic E-state index is 11.9. The highest BCUT2D eigenvalue weighted by atomic mass is 16.5. The van der Waals surface area contributed by atoms with Gasteiger partial charge >= 0.3 is 0 Å². The normalized spacial score (nSPS) is 10.5. The lowest BCUT2D eigenvalue weighted by atomic mass is 9.99. The molecule has 0 unspecified atom stereocenters. The van der Waals surface area contributed by atoms with E-state index in [0.29, 0.717) is 54.6 Å². The molecule has 0 spiro atoms. The van der Waals surface area contributed by atoms with Crippen LogP contribution < -0.4 is 20.7 Å². The van der Waals surface area contributed by atoms with Crippen LogP contribution in [0.3, 0.4) is 0 Å². The number of nitrogen functional groups attached to an aromatic ring is 1. The quantitative estimate of drug-likeness (QED) is 0.195. The molecule has 0 aromatic heterocycles. The van der Waals surface area contributed by atoms with Crippen molar-refractivity contribution in [3.63, 3.8) is 0 Å². The van der Waals surface area contributed by atoms with Crippen molar-refractivity contribution in [2.24, 2.45) is 5.84 Å². The molecule has 0 saturated heterocycles. The van der Waals surface area contributed by atoms with Gasteiger partial charge in [0.25, 0.3) is 5.91 Å². The third-order valence-corrected chi connectivity index (χ3v) is 4.14. The van der Waals surface area contributed by atoms with Crippen molar-refractivity contribution in [2.75, 3.05) is 40.6 Å². The first-order chi connectivity index (χ1) is 14.0. The molecule has 0 atom stereocenters. The van der Waals surface area contributed by atoms with E-state index in [9.17, 15) is 9.59 Å². The van der Waals surface area contributed by atoms with Crippen LogP contribution in [0.1, 0.15) is 27.6 Å².